The van der Waals surface area contributed by atoms with Crippen molar-refractivity contribution in [3.05, 3.63) is 0 Å². The Hall–Kier alpha value is 0.709. The molecule has 0 aliphatic carbocycles. The smallest absolute Gasteiger partial charge is 0.759 e. The predicted octanol–water partition coefficient (Wildman–Crippen LogP) is -5.47. The molecule has 0 unspecified atom stereocenters. The molecule has 0 amide bonds. The summed E-state index contributed by atoms with van der Waals surface area (Å²) in [6, 6.07) is 0. The Morgan fingerprint density at radius 2 is 0.750 bits per heavy atom. The van der Waals surface area contributed by atoms with E-state index in [2.05, 4.69) is 0 Å². The molecule has 0 saturated carbocycles. The molecule has 10 N–H and O–H groups in total. The maximum Gasteiger partial charge on any atom is 2.00 e. The van der Waals surface area contributed by atoms with Crippen LogP contribution in [-0.4, -0.2) is 44.9 Å². The summed E-state index contributed by atoms with van der Waals surface area (Å²) in [5.41, 5.74) is 0. The fourth-order valence-electron chi connectivity index (χ4n) is 0. The van der Waals surface area contributed by atoms with E-state index < -0.39 is 10.4 Å². The standard InChI is InChI=1S/2Cu.H2O4S.5H2O/c;;1-5(2,3)4;;;;;/h;;(H2,1,2,3,4);5*1H2/q;+2;;;;;;/p-2. The topological polar surface area (TPSA) is 238 Å². The molecule has 0 saturated heterocycles. The van der Waals surface area contributed by atoms with Crippen LogP contribution >= 0.6 is 0 Å². The zero-order valence-electron chi connectivity index (χ0n) is 5.14. The van der Waals surface area contributed by atoms with E-state index in [0.717, 1.165) is 0 Å². The van der Waals surface area contributed by atoms with Crippen molar-refractivity contribution >= 4 is 10.4 Å². The van der Waals surface area contributed by atoms with Crippen molar-refractivity contribution in [2.75, 3.05) is 0 Å². The van der Waals surface area contributed by atoms with E-state index in [9.17, 15) is 0 Å². The Bertz CT molecular complexity index is 95.7. The average Bonchev–Trinajstić information content (AvgIpc) is 0.722. The molecule has 0 rings (SSSR count). The fraction of sp³-hybridized carbons (Fsp3) is 0. The van der Waals surface area contributed by atoms with Gasteiger partial charge >= 0.3 is 17.1 Å². The summed E-state index contributed by atoms with van der Waals surface area (Å²) in [6.07, 6.45) is 0. The molecule has 0 aliphatic rings. The second kappa shape index (κ2) is 29.8. The van der Waals surface area contributed by atoms with Crippen LogP contribution in [0.2, 0.25) is 0 Å². The summed E-state index contributed by atoms with van der Waals surface area (Å²) < 4.78 is 34.1. The second-order valence-electron chi connectivity index (χ2n) is 0.408. The first-order valence-corrected chi connectivity index (χ1v) is 2.00. The van der Waals surface area contributed by atoms with Gasteiger partial charge in [-0.05, 0) is 0 Å². The number of hydrogen-bond acceptors (Lipinski definition) is 4. The van der Waals surface area contributed by atoms with Gasteiger partial charge in [-0.15, -0.1) is 0 Å². The van der Waals surface area contributed by atoms with Crippen LogP contribution in [0.25, 0.3) is 0 Å². The van der Waals surface area contributed by atoms with Gasteiger partial charge in [0.25, 0.3) is 0 Å². The Morgan fingerprint density at radius 3 is 0.750 bits per heavy atom. The summed E-state index contributed by atoms with van der Waals surface area (Å²) in [5, 5.41) is 0. The number of hydrogen-bond donors (Lipinski definition) is 0. The minimum Gasteiger partial charge on any atom is -0.759 e. The molecule has 92 valence electrons. The first-order chi connectivity index (χ1) is 2.00. The van der Waals surface area contributed by atoms with E-state index in [1.54, 1.807) is 0 Å². The van der Waals surface area contributed by atoms with Crippen LogP contribution in [0.3, 0.4) is 0 Å². The SMILES string of the molecule is O.O.O.O.O.O=S(=O)([O-])[O-].[Cu+2].[Cu]. The first kappa shape index (κ1) is 78.6. The molecule has 0 aromatic rings. The predicted molar refractivity (Wildman–Crippen MR) is 28.5 cm³/mol. The molecule has 0 heterocycles. The monoisotopic (exact) mass is 312 g/mol. The van der Waals surface area contributed by atoms with Gasteiger partial charge in [0.2, 0.25) is 0 Å². The molecule has 9 nitrogen and oxygen atoms in total. The fourth-order valence-corrected chi connectivity index (χ4v) is 0. The third-order valence-corrected chi connectivity index (χ3v) is 0. The molecule has 12 heavy (non-hydrogen) atoms. The second-order valence-corrected chi connectivity index (χ2v) is 1.22. The van der Waals surface area contributed by atoms with Gasteiger partial charge in [-0.1, -0.05) is 0 Å². The van der Waals surface area contributed by atoms with Gasteiger partial charge in [-0.3, -0.25) is 8.42 Å². The average molecular weight is 313 g/mol. The van der Waals surface area contributed by atoms with Crippen molar-refractivity contribution in [3.63, 3.8) is 0 Å². The first-order valence-electron chi connectivity index (χ1n) is 0.667. The van der Waals surface area contributed by atoms with Gasteiger partial charge in [0.15, 0.2) is 0 Å². The van der Waals surface area contributed by atoms with Gasteiger partial charge in [0.1, 0.15) is 0 Å². The molecule has 0 fully saturated rings. The Balaban J connectivity index is -0.00000000381. The molecular formula is H10Cu2O9S. The van der Waals surface area contributed by atoms with Crippen LogP contribution in [0.4, 0.5) is 0 Å². The number of rotatable bonds is 0. The maximum absolute atomic E-state index is 8.52. The molecule has 0 aromatic carbocycles. The molecule has 2 radical (unpaired) electrons. The Morgan fingerprint density at radius 1 is 0.750 bits per heavy atom. The third kappa shape index (κ3) is 2010. The van der Waals surface area contributed by atoms with Crippen LogP contribution in [0.15, 0.2) is 0 Å². The van der Waals surface area contributed by atoms with E-state index in [0.29, 0.717) is 0 Å². The summed E-state index contributed by atoms with van der Waals surface area (Å²) in [4.78, 5) is 0. The molecule has 12 heteroatoms. The molecule has 0 aromatic heterocycles. The quantitative estimate of drug-likeness (QED) is 0.241. The van der Waals surface area contributed by atoms with Crippen molar-refractivity contribution < 1.29 is 79.0 Å². The minimum absolute atomic E-state index is 0. The van der Waals surface area contributed by atoms with Crippen LogP contribution in [0.1, 0.15) is 0 Å². The zero-order chi connectivity index (χ0) is 4.50. The van der Waals surface area contributed by atoms with Crippen LogP contribution < -0.4 is 0 Å². The van der Waals surface area contributed by atoms with E-state index in [1.807, 2.05) is 0 Å². The van der Waals surface area contributed by atoms with Crippen LogP contribution in [-0.2, 0) is 44.5 Å². The van der Waals surface area contributed by atoms with E-state index >= 15 is 0 Å². The van der Waals surface area contributed by atoms with Crippen LogP contribution in [0, 0.1) is 0 Å². The van der Waals surface area contributed by atoms with Crippen molar-refractivity contribution in [1.82, 2.24) is 0 Å². The molecule has 0 bridgehead atoms. The Kier molecular flexibility index (Phi) is 195. The molecular weight excluding hydrogens is 303 g/mol. The van der Waals surface area contributed by atoms with E-state index in [4.69, 9.17) is 17.5 Å². The van der Waals surface area contributed by atoms with E-state index in [-0.39, 0.29) is 61.5 Å². The molecule has 0 spiro atoms. The zero-order valence-corrected chi connectivity index (χ0v) is 7.84. The summed E-state index contributed by atoms with van der Waals surface area (Å²) >= 11 is 0. The van der Waals surface area contributed by atoms with Crippen molar-refractivity contribution in [2.24, 2.45) is 0 Å². The van der Waals surface area contributed by atoms with Crippen molar-refractivity contribution in [1.29, 1.82) is 0 Å². The Labute approximate surface area is 89.6 Å². The third-order valence-electron chi connectivity index (χ3n) is 0. The summed E-state index contributed by atoms with van der Waals surface area (Å²) in [6.45, 7) is 0. The van der Waals surface area contributed by atoms with Gasteiger partial charge in [-0.2, -0.15) is 0 Å². The minimum atomic E-state index is -5.17. The van der Waals surface area contributed by atoms with Gasteiger partial charge in [-0.25, -0.2) is 0 Å². The van der Waals surface area contributed by atoms with Gasteiger partial charge in [0.05, 0.1) is 0 Å². The summed E-state index contributed by atoms with van der Waals surface area (Å²) in [5.74, 6) is 0. The summed E-state index contributed by atoms with van der Waals surface area (Å²) in [7, 11) is -5.17. The van der Waals surface area contributed by atoms with Gasteiger partial charge in [0, 0.05) is 27.5 Å². The van der Waals surface area contributed by atoms with E-state index in [1.165, 1.54) is 0 Å². The normalized spacial score (nSPS) is 4.83. The van der Waals surface area contributed by atoms with Crippen molar-refractivity contribution in [3.8, 4) is 0 Å². The van der Waals surface area contributed by atoms with Crippen LogP contribution in [0.5, 0.6) is 0 Å². The molecule has 0 aliphatic heterocycles. The largest absolute Gasteiger partial charge is 2.00 e. The van der Waals surface area contributed by atoms with Crippen molar-refractivity contribution in [2.45, 2.75) is 0 Å². The maximum atomic E-state index is 8.52. The molecule has 0 atom stereocenters. The van der Waals surface area contributed by atoms with Gasteiger partial charge < -0.3 is 36.5 Å².